The Morgan fingerprint density at radius 3 is 2.90 bits per heavy atom. The highest BCUT2D eigenvalue weighted by Crippen LogP contribution is 2.18. The topological polar surface area (TPSA) is 41.1 Å². The molecule has 0 aromatic heterocycles. The van der Waals surface area contributed by atoms with Crippen LogP contribution in [0.15, 0.2) is 42.5 Å². The van der Waals surface area contributed by atoms with Crippen molar-refractivity contribution in [2.24, 2.45) is 5.92 Å². The van der Waals surface area contributed by atoms with Crippen molar-refractivity contribution < 1.29 is 4.79 Å². The minimum Gasteiger partial charge on any atom is -0.355 e. The summed E-state index contributed by atoms with van der Waals surface area (Å²) in [7, 11) is 0. The highest BCUT2D eigenvalue weighted by Gasteiger charge is 2.14. The van der Waals surface area contributed by atoms with Crippen LogP contribution in [0.25, 0.3) is 10.8 Å². The van der Waals surface area contributed by atoms with Gasteiger partial charge in [0.2, 0.25) is 5.91 Å². The summed E-state index contributed by atoms with van der Waals surface area (Å²) in [5.41, 5.74) is 1.10. The van der Waals surface area contributed by atoms with Crippen molar-refractivity contribution in [2.45, 2.75) is 19.3 Å². The fourth-order valence-electron chi connectivity index (χ4n) is 3.04. The summed E-state index contributed by atoms with van der Waals surface area (Å²) in [6, 6.07) is 14.4. The molecule has 3 heteroatoms. The fraction of sp³-hybridized carbons (Fsp3) is 0.389. The Bertz CT molecular complexity index is 612. The van der Waals surface area contributed by atoms with Crippen LogP contribution in [0.5, 0.6) is 0 Å². The van der Waals surface area contributed by atoms with Gasteiger partial charge in [0.25, 0.3) is 0 Å². The molecule has 1 aliphatic rings. The van der Waals surface area contributed by atoms with E-state index in [2.05, 4.69) is 28.8 Å². The largest absolute Gasteiger partial charge is 0.355 e. The van der Waals surface area contributed by atoms with Crippen LogP contribution < -0.4 is 10.6 Å². The second kappa shape index (κ2) is 6.72. The number of rotatable bonds is 4. The van der Waals surface area contributed by atoms with Crippen LogP contribution in [0.2, 0.25) is 0 Å². The molecule has 21 heavy (non-hydrogen) atoms. The van der Waals surface area contributed by atoms with E-state index in [0.717, 1.165) is 25.2 Å². The van der Waals surface area contributed by atoms with Gasteiger partial charge in [-0.3, -0.25) is 4.79 Å². The van der Waals surface area contributed by atoms with Gasteiger partial charge < -0.3 is 10.6 Å². The average Bonchev–Trinajstić information content (AvgIpc) is 2.54. The number of carbonyl (C=O) groups excluding carboxylic acids is 1. The minimum absolute atomic E-state index is 0.122. The molecular weight excluding hydrogens is 260 g/mol. The molecule has 1 aliphatic heterocycles. The Kier molecular flexibility index (Phi) is 4.51. The number of hydrogen-bond donors (Lipinski definition) is 2. The second-order valence-electron chi connectivity index (χ2n) is 5.83. The first-order valence-electron chi connectivity index (χ1n) is 7.77. The SMILES string of the molecule is O=C(Cc1cccc2ccccc12)NCC1CCCNC1. The Morgan fingerprint density at radius 2 is 2.05 bits per heavy atom. The first-order valence-corrected chi connectivity index (χ1v) is 7.77. The number of hydrogen-bond acceptors (Lipinski definition) is 2. The van der Waals surface area contributed by atoms with Gasteiger partial charge in [0.05, 0.1) is 6.42 Å². The molecule has 1 fully saturated rings. The van der Waals surface area contributed by atoms with Gasteiger partial charge in [0.15, 0.2) is 0 Å². The van der Waals surface area contributed by atoms with Crippen molar-refractivity contribution in [2.75, 3.05) is 19.6 Å². The van der Waals surface area contributed by atoms with Crippen molar-refractivity contribution >= 4 is 16.7 Å². The zero-order chi connectivity index (χ0) is 14.5. The summed E-state index contributed by atoms with van der Waals surface area (Å²) in [6.45, 7) is 2.92. The van der Waals surface area contributed by atoms with E-state index >= 15 is 0 Å². The maximum Gasteiger partial charge on any atom is 0.224 e. The molecule has 3 nitrogen and oxygen atoms in total. The molecule has 2 N–H and O–H groups in total. The highest BCUT2D eigenvalue weighted by atomic mass is 16.1. The number of nitrogens with one attached hydrogen (secondary N) is 2. The molecule has 1 amide bonds. The van der Waals surface area contributed by atoms with Gasteiger partial charge in [0.1, 0.15) is 0 Å². The quantitative estimate of drug-likeness (QED) is 0.904. The maximum atomic E-state index is 12.2. The predicted octanol–water partition coefficient (Wildman–Crippen LogP) is 2.50. The third-order valence-electron chi connectivity index (χ3n) is 4.22. The molecule has 0 spiro atoms. The van der Waals surface area contributed by atoms with Crippen LogP contribution in [0, 0.1) is 5.92 Å². The van der Waals surface area contributed by atoms with Crippen molar-refractivity contribution in [1.29, 1.82) is 0 Å². The van der Waals surface area contributed by atoms with Gasteiger partial charge in [-0.05, 0) is 48.2 Å². The average molecular weight is 282 g/mol. The molecule has 1 atom stereocenters. The van der Waals surface area contributed by atoms with Crippen molar-refractivity contribution in [3.63, 3.8) is 0 Å². The van der Waals surface area contributed by atoms with E-state index in [4.69, 9.17) is 0 Å². The molecule has 3 rings (SSSR count). The van der Waals surface area contributed by atoms with Gasteiger partial charge in [0, 0.05) is 6.54 Å². The lowest BCUT2D eigenvalue weighted by atomic mass is 9.99. The fourth-order valence-corrected chi connectivity index (χ4v) is 3.04. The third kappa shape index (κ3) is 3.61. The van der Waals surface area contributed by atoms with Crippen LogP contribution >= 0.6 is 0 Å². The van der Waals surface area contributed by atoms with E-state index in [1.807, 2.05) is 24.3 Å². The van der Waals surface area contributed by atoms with Gasteiger partial charge in [-0.2, -0.15) is 0 Å². The normalized spacial score (nSPS) is 18.6. The van der Waals surface area contributed by atoms with E-state index in [1.54, 1.807) is 0 Å². The number of amides is 1. The zero-order valence-corrected chi connectivity index (χ0v) is 12.3. The summed E-state index contributed by atoms with van der Waals surface area (Å²) in [5, 5.41) is 8.84. The summed E-state index contributed by atoms with van der Waals surface area (Å²) in [6.07, 6.45) is 2.88. The van der Waals surface area contributed by atoms with E-state index in [9.17, 15) is 4.79 Å². The molecule has 1 unspecified atom stereocenters. The molecule has 0 bridgehead atoms. The van der Waals surface area contributed by atoms with Crippen molar-refractivity contribution in [1.82, 2.24) is 10.6 Å². The van der Waals surface area contributed by atoms with E-state index < -0.39 is 0 Å². The number of benzene rings is 2. The third-order valence-corrected chi connectivity index (χ3v) is 4.22. The minimum atomic E-state index is 0.122. The van der Waals surface area contributed by atoms with Gasteiger partial charge in [-0.1, -0.05) is 42.5 Å². The summed E-state index contributed by atoms with van der Waals surface area (Å²) >= 11 is 0. The Labute approximate surface area is 125 Å². The molecule has 2 aromatic carbocycles. The molecule has 1 saturated heterocycles. The molecule has 2 aromatic rings. The second-order valence-corrected chi connectivity index (χ2v) is 5.83. The van der Waals surface area contributed by atoms with E-state index in [1.165, 1.54) is 23.6 Å². The van der Waals surface area contributed by atoms with Crippen LogP contribution in [0.3, 0.4) is 0 Å². The highest BCUT2D eigenvalue weighted by molar-refractivity contribution is 5.90. The first-order chi connectivity index (χ1) is 10.3. The van der Waals surface area contributed by atoms with E-state index in [-0.39, 0.29) is 5.91 Å². The van der Waals surface area contributed by atoms with Gasteiger partial charge >= 0.3 is 0 Å². The van der Waals surface area contributed by atoms with Crippen LogP contribution in [-0.4, -0.2) is 25.5 Å². The smallest absolute Gasteiger partial charge is 0.224 e. The molecule has 1 heterocycles. The number of carbonyl (C=O) groups is 1. The first kappa shape index (κ1) is 14.1. The zero-order valence-electron chi connectivity index (χ0n) is 12.3. The van der Waals surface area contributed by atoms with Gasteiger partial charge in [-0.25, -0.2) is 0 Å². The Morgan fingerprint density at radius 1 is 1.19 bits per heavy atom. The number of fused-ring (bicyclic) bond motifs is 1. The molecule has 0 saturated carbocycles. The summed E-state index contributed by atoms with van der Waals surface area (Å²) in [5.74, 6) is 0.701. The van der Waals surface area contributed by atoms with Crippen molar-refractivity contribution in [3.8, 4) is 0 Å². The van der Waals surface area contributed by atoms with Crippen LogP contribution in [-0.2, 0) is 11.2 Å². The van der Waals surface area contributed by atoms with Gasteiger partial charge in [-0.15, -0.1) is 0 Å². The summed E-state index contributed by atoms with van der Waals surface area (Å²) < 4.78 is 0. The Balaban J connectivity index is 1.61. The van der Waals surface area contributed by atoms with Crippen LogP contribution in [0.1, 0.15) is 18.4 Å². The maximum absolute atomic E-state index is 12.2. The monoisotopic (exact) mass is 282 g/mol. The van der Waals surface area contributed by atoms with E-state index in [0.29, 0.717) is 12.3 Å². The molecule has 0 radical (unpaired) electrons. The number of piperidine rings is 1. The molecular formula is C18H22N2O. The lowest BCUT2D eigenvalue weighted by Gasteiger charge is -2.22. The standard InChI is InChI=1S/C18H22N2O/c21-18(20-13-14-5-4-10-19-12-14)11-16-8-3-7-15-6-1-2-9-17(15)16/h1-3,6-9,14,19H,4-5,10-13H2,(H,20,21). The summed E-state index contributed by atoms with van der Waals surface area (Å²) in [4.78, 5) is 12.2. The molecule has 0 aliphatic carbocycles. The predicted molar refractivity (Wildman–Crippen MR) is 86.3 cm³/mol. The molecule has 110 valence electrons. The lowest BCUT2D eigenvalue weighted by Crippen LogP contribution is -2.38. The van der Waals surface area contributed by atoms with Crippen LogP contribution in [0.4, 0.5) is 0 Å². The lowest BCUT2D eigenvalue weighted by molar-refractivity contribution is -0.120. The Hall–Kier alpha value is -1.87. The van der Waals surface area contributed by atoms with Crippen molar-refractivity contribution in [3.05, 3.63) is 48.0 Å².